The van der Waals surface area contributed by atoms with Crippen molar-refractivity contribution in [2.24, 2.45) is 0 Å². The number of rotatable bonds is 7. The SMILES string of the molecule is COc1ccc(CN(C)C(C)C(=O)Nc2ccccc2Cl)cc1OC. The first-order chi connectivity index (χ1) is 12.0. The second-order valence-electron chi connectivity index (χ2n) is 5.75. The van der Waals surface area contributed by atoms with Gasteiger partial charge in [-0.2, -0.15) is 0 Å². The van der Waals surface area contributed by atoms with Crippen LogP contribution >= 0.6 is 11.6 Å². The van der Waals surface area contributed by atoms with Crippen LogP contribution in [0.2, 0.25) is 5.02 Å². The first-order valence-corrected chi connectivity index (χ1v) is 8.30. The van der Waals surface area contributed by atoms with Gasteiger partial charge in [0.15, 0.2) is 11.5 Å². The van der Waals surface area contributed by atoms with E-state index < -0.39 is 0 Å². The number of para-hydroxylation sites is 1. The minimum absolute atomic E-state index is 0.115. The van der Waals surface area contributed by atoms with E-state index in [-0.39, 0.29) is 11.9 Å². The molecule has 0 saturated carbocycles. The van der Waals surface area contributed by atoms with Gasteiger partial charge in [0.2, 0.25) is 5.91 Å². The van der Waals surface area contributed by atoms with Gasteiger partial charge in [0, 0.05) is 6.54 Å². The molecule has 1 unspecified atom stereocenters. The molecule has 134 valence electrons. The molecule has 0 heterocycles. The van der Waals surface area contributed by atoms with E-state index in [1.165, 1.54) is 0 Å². The first kappa shape index (κ1) is 19.1. The van der Waals surface area contributed by atoms with Crippen LogP contribution < -0.4 is 14.8 Å². The Labute approximate surface area is 153 Å². The highest BCUT2D eigenvalue weighted by molar-refractivity contribution is 6.33. The van der Waals surface area contributed by atoms with E-state index in [9.17, 15) is 4.79 Å². The van der Waals surface area contributed by atoms with Crippen molar-refractivity contribution in [3.8, 4) is 11.5 Å². The van der Waals surface area contributed by atoms with Gasteiger partial charge in [-0.05, 0) is 43.8 Å². The van der Waals surface area contributed by atoms with Crippen LogP contribution in [-0.2, 0) is 11.3 Å². The van der Waals surface area contributed by atoms with Crippen molar-refractivity contribution in [3.05, 3.63) is 53.1 Å². The van der Waals surface area contributed by atoms with Gasteiger partial charge in [0.05, 0.1) is 31.0 Å². The fourth-order valence-electron chi connectivity index (χ4n) is 2.40. The van der Waals surface area contributed by atoms with Crippen molar-refractivity contribution in [2.45, 2.75) is 19.5 Å². The number of benzene rings is 2. The maximum absolute atomic E-state index is 12.5. The standard InChI is InChI=1S/C19H23ClN2O3/c1-13(19(23)21-16-8-6-5-7-15(16)20)22(2)12-14-9-10-17(24-3)18(11-14)25-4/h5-11,13H,12H2,1-4H3,(H,21,23). The number of nitrogens with zero attached hydrogens (tertiary/aromatic N) is 1. The second-order valence-corrected chi connectivity index (χ2v) is 6.16. The zero-order chi connectivity index (χ0) is 18.4. The van der Waals surface area contributed by atoms with E-state index in [2.05, 4.69) is 5.32 Å². The summed E-state index contributed by atoms with van der Waals surface area (Å²) < 4.78 is 10.6. The van der Waals surface area contributed by atoms with Crippen LogP contribution in [0, 0.1) is 0 Å². The maximum Gasteiger partial charge on any atom is 0.241 e. The number of ether oxygens (including phenoxy) is 2. The van der Waals surface area contributed by atoms with Crippen molar-refractivity contribution in [1.82, 2.24) is 4.90 Å². The molecule has 2 aromatic rings. The molecule has 6 heteroatoms. The van der Waals surface area contributed by atoms with Gasteiger partial charge in [0.1, 0.15) is 0 Å². The number of carbonyl (C=O) groups excluding carboxylic acids is 1. The van der Waals surface area contributed by atoms with Gasteiger partial charge >= 0.3 is 0 Å². The average Bonchev–Trinajstić information content (AvgIpc) is 2.62. The molecule has 0 aliphatic rings. The molecule has 1 amide bonds. The fourth-order valence-corrected chi connectivity index (χ4v) is 2.59. The number of likely N-dealkylation sites (N-methyl/N-ethyl adjacent to an activating group) is 1. The van der Waals surface area contributed by atoms with Crippen molar-refractivity contribution in [3.63, 3.8) is 0 Å². The van der Waals surface area contributed by atoms with Gasteiger partial charge in [-0.3, -0.25) is 9.69 Å². The molecule has 0 aliphatic carbocycles. The van der Waals surface area contributed by atoms with Crippen LogP contribution in [0.15, 0.2) is 42.5 Å². The zero-order valence-electron chi connectivity index (χ0n) is 14.9. The molecule has 0 aromatic heterocycles. The molecule has 0 spiro atoms. The van der Waals surface area contributed by atoms with E-state index in [0.717, 1.165) is 5.56 Å². The molecule has 1 atom stereocenters. The lowest BCUT2D eigenvalue weighted by Gasteiger charge is -2.24. The third-order valence-electron chi connectivity index (χ3n) is 4.05. The summed E-state index contributed by atoms with van der Waals surface area (Å²) in [7, 11) is 5.10. The number of anilines is 1. The number of amides is 1. The van der Waals surface area contributed by atoms with Crippen molar-refractivity contribution < 1.29 is 14.3 Å². The quantitative estimate of drug-likeness (QED) is 0.813. The average molecular weight is 363 g/mol. The summed E-state index contributed by atoms with van der Waals surface area (Å²) in [4.78, 5) is 14.4. The maximum atomic E-state index is 12.5. The molecule has 0 radical (unpaired) electrons. The minimum atomic E-state index is -0.329. The summed E-state index contributed by atoms with van der Waals surface area (Å²) in [5.74, 6) is 1.23. The predicted octanol–water partition coefficient (Wildman–Crippen LogP) is 3.82. The second kappa shape index (κ2) is 8.74. The van der Waals surface area contributed by atoms with Crippen LogP contribution in [0.3, 0.4) is 0 Å². The summed E-state index contributed by atoms with van der Waals surface area (Å²) in [5, 5.41) is 3.38. The Morgan fingerprint density at radius 2 is 1.84 bits per heavy atom. The van der Waals surface area contributed by atoms with Crippen LogP contribution in [-0.4, -0.2) is 38.1 Å². The Balaban J connectivity index is 2.03. The number of hydrogen-bond donors (Lipinski definition) is 1. The van der Waals surface area contributed by atoms with Crippen molar-refractivity contribution in [2.75, 3.05) is 26.6 Å². The molecule has 25 heavy (non-hydrogen) atoms. The fraction of sp³-hybridized carbons (Fsp3) is 0.316. The van der Waals surface area contributed by atoms with Gasteiger partial charge in [-0.15, -0.1) is 0 Å². The Morgan fingerprint density at radius 3 is 2.48 bits per heavy atom. The zero-order valence-corrected chi connectivity index (χ0v) is 15.6. The van der Waals surface area contributed by atoms with Gasteiger partial charge in [-0.1, -0.05) is 29.8 Å². The molecule has 0 fully saturated rings. The molecular formula is C19H23ClN2O3. The van der Waals surface area contributed by atoms with Crippen LogP contribution in [0.5, 0.6) is 11.5 Å². The number of hydrogen-bond acceptors (Lipinski definition) is 4. The Morgan fingerprint density at radius 1 is 1.16 bits per heavy atom. The van der Waals surface area contributed by atoms with E-state index >= 15 is 0 Å². The highest BCUT2D eigenvalue weighted by Gasteiger charge is 2.19. The third kappa shape index (κ3) is 4.87. The topological polar surface area (TPSA) is 50.8 Å². The Bertz CT molecular complexity index is 736. The smallest absolute Gasteiger partial charge is 0.241 e. The molecular weight excluding hydrogens is 340 g/mol. The lowest BCUT2D eigenvalue weighted by molar-refractivity contribution is -0.120. The van der Waals surface area contributed by atoms with Crippen LogP contribution in [0.25, 0.3) is 0 Å². The molecule has 5 nitrogen and oxygen atoms in total. The third-order valence-corrected chi connectivity index (χ3v) is 4.38. The number of methoxy groups -OCH3 is 2. The predicted molar refractivity (Wildman–Crippen MR) is 101 cm³/mol. The van der Waals surface area contributed by atoms with E-state index in [1.807, 2.05) is 49.2 Å². The molecule has 1 N–H and O–H groups in total. The highest BCUT2D eigenvalue weighted by atomic mass is 35.5. The minimum Gasteiger partial charge on any atom is -0.493 e. The number of halogens is 1. The summed E-state index contributed by atoms with van der Waals surface area (Å²) in [5.41, 5.74) is 1.64. The summed E-state index contributed by atoms with van der Waals surface area (Å²) in [6.07, 6.45) is 0. The number of nitrogens with one attached hydrogen (secondary N) is 1. The Kier molecular flexibility index (Phi) is 6.67. The molecule has 2 aromatic carbocycles. The first-order valence-electron chi connectivity index (χ1n) is 7.92. The summed E-state index contributed by atoms with van der Waals surface area (Å²) in [6, 6.07) is 12.6. The van der Waals surface area contributed by atoms with E-state index in [4.69, 9.17) is 21.1 Å². The van der Waals surface area contributed by atoms with Crippen molar-refractivity contribution >= 4 is 23.2 Å². The van der Waals surface area contributed by atoms with Crippen LogP contribution in [0.1, 0.15) is 12.5 Å². The van der Waals surface area contributed by atoms with E-state index in [0.29, 0.717) is 28.8 Å². The van der Waals surface area contributed by atoms with Gasteiger partial charge in [0.25, 0.3) is 0 Å². The molecule has 0 saturated heterocycles. The van der Waals surface area contributed by atoms with Crippen molar-refractivity contribution in [1.29, 1.82) is 0 Å². The van der Waals surface area contributed by atoms with Gasteiger partial charge < -0.3 is 14.8 Å². The number of carbonyl (C=O) groups is 1. The molecule has 0 bridgehead atoms. The van der Waals surface area contributed by atoms with Gasteiger partial charge in [-0.25, -0.2) is 0 Å². The normalized spacial score (nSPS) is 11.9. The molecule has 0 aliphatic heterocycles. The summed E-state index contributed by atoms with van der Waals surface area (Å²) >= 11 is 6.09. The lowest BCUT2D eigenvalue weighted by atomic mass is 10.1. The van der Waals surface area contributed by atoms with E-state index in [1.54, 1.807) is 26.4 Å². The van der Waals surface area contributed by atoms with Crippen LogP contribution in [0.4, 0.5) is 5.69 Å². The Hall–Kier alpha value is -2.24. The summed E-state index contributed by atoms with van der Waals surface area (Å²) in [6.45, 7) is 2.45. The lowest BCUT2D eigenvalue weighted by Crippen LogP contribution is -2.39. The highest BCUT2D eigenvalue weighted by Crippen LogP contribution is 2.28. The largest absolute Gasteiger partial charge is 0.493 e. The molecule has 2 rings (SSSR count). The monoisotopic (exact) mass is 362 g/mol.